The van der Waals surface area contributed by atoms with E-state index in [1.807, 2.05) is 103 Å². The number of imide groups is 1. The number of para-hydroxylation sites is 1. The van der Waals surface area contributed by atoms with Crippen LogP contribution in [0.5, 0.6) is 0 Å². The average Bonchev–Trinajstić information content (AvgIpc) is 3.11. The van der Waals surface area contributed by atoms with Gasteiger partial charge in [-0.1, -0.05) is 91.0 Å². The van der Waals surface area contributed by atoms with Crippen LogP contribution in [0.15, 0.2) is 103 Å². The van der Waals surface area contributed by atoms with Crippen LogP contribution in [-0.2, 0) is 21.7 Å². The fourth-order valence-electron chi connectivity index (χ4n) is 4.60. The zero-order valence-corrected chi connectivity index (χ0v) is 19.3. The molecule has 35 heavy (non-hydrogen) atoms. The number of rotatable bonds is 6. The molecule has 0 spiro atoms. The third-order valence-electron chi connectivity index (χ3n) is 6.45. The van der Waals surface area contributed by atoms with Gasteiger partial charge in [-0.3, -0.25) is 14.5 Å². The third-order valence-corrected chi connectivity index (χ3v) is 6.45. The molecule has 4 amide bonds. The highest BCUT2D eigenvalue weighted by Crippen LogP contribution is 2.34. The number of nitrogens with zero attached hydrogens (tertiary/aromatic N) is 2. The first-order chi connectivity index (χ1) is 17.0. The number of fused-ring (bicyclic) bond motifs is 1. The number of amides is 4. The molecule has 6 heteroatoms. The minimum atomic E-state index is -1.27. The van der Waals surface area contributed by atoms with Crippen LogP contribution < -0.4 is 10.2 Å². The van der Waals surface area contributed by atoms with Gasteiger partial charge in [0.1, 0.15) is 12.1 Å². The van der Waals surface area contributed by atoms with Gasteiger partial charge < -0.3 is 10.2 Å². The molecular formula is C29H25N3O3. The summed E-state index contributed by atoms with van der Waals surface area (Å²) < 4.78 is 0. The normalized spacial score (nSPS) is 17.5. The van der Waals surface area contributed by atoms with E-state index in [-0.39, 0.29) is 12.5 Å². The lowest BCUT2D eigenvalue weighted by atomic mass is 9.88. The molecule has 1 unspecified atom stereocenters. The molecule has 6 nitrogen and oxygen atoms in total. The lowest BCUT2D eigenvalue weighted by molar-refractivity contribution is -0.134. The van der Waals surface area contributed by atoms with Gasteiger partial charge in [-0.05, 0) is 41.0 Å². The van der Waals surface area contributed by atoms with Gasteiger partial charge in [0.15, 0.2) is 0 Å². The van der Waals surface area contributed by atoms with Crippen molar-refractivity contribution in [1.82, 2.24) is 10.2 Å². The van der Waals surface area contributed by atoms with Crippen molar-refractivity contribution in [3.8, 4) is 0 Å². The standard InChI is InChI=1S/C29H25N3O3/c1-29(25-18-10-14-22-13-8-9-17-24(22)25)27(34)32(28(35)30-29)20-26(33)31(23-15-6-3-7-16-23)19-21-11-4-2-5-12-21/h2-18H,19-20H2,1H3,(H,30,35). The Morgan fingerprint density at radius 1 is 0.829 bits per heavy atom. The van der Waals surface area contributed by atoms with Gasteiger partial charge in [0.25, 0.3) is 5.91 Å². The number of urea groups is 1. The van der Waals surface area contributed by atoms with Crippen molar-refractivity contribution in [3.63, 3.8) is 0 Å². The quantitative estimate of drug-likeness (QED) is 0.416. The molecule has 0 bridgehead atoms. The first-order valence-corrected chi connectivity index (χ1v) is 11.5. The molecule has 4 aromatic carbocycles. The Labute approximate surface area is 203 Å². The number of hydrogen-bond donors (Lipinski definition) is 1. The topological polar surface area (TPSA) is 69.7 Å². The van der Waals surface area contributed by atoms with E-state index in [4.69, 9.17) is 0 Å². The van der Waals surface area contributed by atoms with Crippen molar-refractivity contribution < 1.29 is 14.4 Å². The molecule has 4 aromatic rings. The first-order valence-electron chi connectivity index (χ1n) is 11.5. The Hall–Kier alpha value is -4.45. The monoisotopic (exact) mass is 463 g/mol. The van der Waals surface area contributed by atoms with Gasteiger partial charge in [0.05, 0.1) is 6.54 Å². The van der Waals surface area contributed by atoms with Crippen molar-refractivity contribution in [3.05, 3.63) is 114 Å². The average molecular weight is 464 g/mol. The second-order valence-electron chi connectivity index (χ2n) is 8.77. The summed E-state index contributed by atoms with van der Waals surface area (Å²) in [6.07, 6.45) is 0. The van der Waals surface area contributed by atoms with E-state index >= 15 is 0 Å². The van der Waals surface area contributed by atoms with Crippen LogP contribution in [0.4, 0.5) is 10.5 Å². The molecule has 0 radical (unpaired) electrons. The fraction of sp³-hybridized carbons (Fsp3) is 0.138. The Kier molecular flexibility index (Phi) is 5.79. The van der Waals surface area contributed by atoms with Crippen LogP contribution in [0.3, 0.4) is 0 Å². The first kappa shape index (κ1) is 22.3. The molecule has 1 N–H and O–H groups in total. The second kappa shape index (κ2) is 9.06. The van der Waals surface area contributed by atoms with Crippen LogP contribution in [0.25, 0.3) is 10.8 Å². The summed E-state index contributed by atoms with van der Waals surface area (Å²) in [4.78, 5) is 42.7. The van der Waals surface area contributed by atoms with E-state index in [0.717, 1.165) is 21.2 Å². The Morgan fingerprint density at radius 3 is 2.20 bits per heavy atom. The van der Waals surface area contributed by atoms with Gasteiger partial charge in [-0.25, -0.2) is 4.79 Å². The second-order valence-corrected chi connectivity index (χ2v) is 8.77. The maximum absolute atomic E-state index is 13.6. The van der Waals surface area contributed by atoms with Crippen molar-refractivity contribution in [1.29, 1.82) is 0 Å². The number of benzene rings is 4. The highest BCUT2D eigenvalue weighted by Gasteiger charge is 2.50. The summed E-state index contributed by atoms with van der Waals surface area (Å²) in [6, 6.07) is 31.7. The van der Waals surface area contributed by atoms with Gasteiger partial charge in [0.2, 0.25) is 5.91 Å². The molecule has 1 aliphatic heterocycles. The molecule has 5 rings (SSSR count). The summed E-state index contributed by atoms with van der Waals surface area (Å²) >= 11 is 0. The largest absolute Gasteiger partial charge is 0.325 e. The zero-order chi connectivity index (χ0) is 24.4. The smallest absolute Gasteiger partial charge is 0.319 e. The summed E-state index contributed by atoms with van der Waals surface area (Å²) in [5.74, 6) is -0.786. The SMILES string of the molecule is CC1(c2cccc3ccccc23)NC(=O)N(CC(=O)N(Cc2ccccc2)c2ccccc2)C1=O. The molecule has 1 aliphatic rings. The van der Waals surface area contributed by atoms with Crippen molar-refractivity contribution in [2.75, 3.05) is 11.4 Å². The minimum absolute atomic E-state index is 0.327. The van der Waals surface area contributed by atoms with Crippen molar-refractivity contribution >= 4 is 34.3 Å². The molecular weight excluding hydrogens is 438 g/mol. The predicted molar refractivity (Wildman–Crippen MR) is 136 cm³/mol. The van der Waals surface area contributed by atoms with Crippen LogP contribution in [0.1, 0.15) is 18.1 Å². The minimum Gasteiger partial charge on any atom is -0.319 e. The number of nitrogens with one attached hydrogen (secondary N) is 1. The van der Waals surface area contributed by atoms with E-state index in [0.29, 0.717) is 17.8 Å². The highest BCUT2D eigenvalue weighted by molar-refractivity contribution is 6.12. The Morgan fingerprint density at radius 2 is 1.46 bits per heavy atom. The lowest BCUT2D eigenvalue weighted by Crippen LogP contribution is -2.44. The molecule has 1 heterocycles. The number of anilines is 1. The van der Waals surface area contributed by atoms with Crippen LogP contribution in [0, 0.1) is 0 Å². The molecule has 1 saturated heterocycles. The number of hydrogen-bond acceptors (Lipinski definition) is 3. The summed E-state index contributed by atoms with van der Waals surface area (Å²) in [6.45, 7) is 1.67. The van der Waals surface area contributed by atoms with E-state index in [9.17, 15) is 14.4 Å². The predicted octanol–water partition coefficient (Wildman–Crippen LogP) is 4.84. The van der Waals surface area contributed by atoms with Gasteiger partial charge >= 0.3 is 6.03 Å². The molecule has 1 atom stereocenters. The molecule has 174 valence electrons. The van der Waals surface area contributed by atoms with Crippen LogP contribution in [0.2, 0.25) is 0 Å². The van der Waals surface area contributed by atoms with E-state index in [1.165, 1.54) is 0 Å². The third kappa shape index (κ3) is 4.15. The Bertz CT molecular complexity index is 1400. The van der Waals surface area contributed by atoms with E-state index in [2.05, 4.69) is 5.32 Å². The van der Waals surface area contributed by atoms with E-state index < -0.39 is 17.5 Å². The maximum atomic E-state index is 13.6. The maximum Gasteiger partial charge on any atom is 0.325 e. The fourth-order valence-corrected chi connectivity index (χ4v) is 4.60. The van der Waals surface area contributed by atoms with Gasteiger partial charge in [0, 0.05) is 5.69 Å². The highest BCUT2D eigenvalue weighted by atomic mass is 16.2. The van der Waals surface area contributed by atoms with Gasteiger partial charge in [-0.15, -0.1) is 0 Å². The zero-order valence-electron chi connectivity index (χ0n) is 19.3. The number of carbonyl (C=O) groups is 3. The molecule has 0 aromatic heterocycles. The van der Waals surface area contributed by atoms with Crippen molar-refractivity contribution in [2.24, 2.45) is 0 Å². The molecule has 0 saturated carbocycles. The summed E-state index contributed by atoms with van der Waals surface area (Å²) in [5, 5.41) is 4.70. The van der Waals surface area contributed by atoms with Crippen LogP contribution in [-0.4, -0.2) is 29.3 Å². The lowest BCUT2D eigenvalue weighted by Gasteiger charge is -2.26. The van der Waals surface area contributed by atoms with Crippen LogP contribution >= 0.6 is 0 Å². The van der Waals surface area contributed by atoms with Gasteiger partial charge in [-0.2, -0.15) is 0 Å². The molecule has 1 fully saturated rings. The number of carbonyl (C=O) groups excluding carboxylic acids is 3. The molecule has 0 aliphatic carbocycles. The Balaban J connectivity index is 1.44. The summed E-state index contributed by atoms with van der Waals surface area (Å²) in [7, 11) is 0. The summed E-state index contributed by atoms with van der Waals surface area (Å²) in [5.41, 5.74) is 1.08. The van der Waals surface area contributed by atoms with Crippen molar-refractivity contribution in [2.45, 2.75) is 19.0 Å². The van der Waals surface area contributed by atoms with E-state index in [1.54, 1.807) is 11.8 Å².